The van der Waals surface area contributed by atoms with Crippen LogP contribution < -0.4 is 5.73 Å². The Morgan fingerprint density at radius 3 is 2.69 bits per heavy atom. The number of nitrogens with zero attached hydrogens (tertiary/aromatic N) is 2. The number of likely N-dealkylation sites (N-methyl/N-ethyl adjacent to an activating group) is 1. The van der Waals surface area contributed by atoms with Crippen molar-refractivity contribution < 1.29 is 0 Å². The van der Waals surface area contributed by atoms with E-state index in [4.69, 9.17) is 5.73 Å². The molecule has 2 unspecified atom stereocenters. The molecule has 0 aromatic heterocycles. The molecule has 1 saturated heterocycles. The molecule has 1 aliphatic heterocycles. The molecule has 3 nitrogen and oxygen atoms in total. The molecule has 0 aromatic carbocycles. The van der Waals surface area contributed by atoms with E-state index < -0.39 is 0 Å². The molecule has 0 aliphatic carbocycles. The summed E-state index contributed by atoms with van der Waals surface area (Å²) in [7, 11) is 4.25. The van der Waals surface area contributed by atoms with Crippen LogP contribution in [0.1, 0.15) is 13.3 Å². The number of hydrogen-bond donors (Lipinski definition) is 1. The molecule has 0 bridgehead atoms. The van der Waals surface area contributed by atoms with Gasteiger partial charge in [-0.15, -0.1) is 0 Å². The van der Waals surface area contributed by atoms with Gasteiger partial charge in [0.25, 0.3) is 0 Å². The second kappa shape index (κ2) is 4.94. The monoisotopic (exact) mass is 185 g/mol. The van der Waals surface area contributed by atoms with E-state index in [1.807, 2.05) is 0 Å². The maximum absolute atomic E-state index is 5.88. The van der Waals surface area contributed by atoms with E-state index in [2.05, 4.69) is 30.8 Å². The predicted octanol–water partition coefficient (Wildman–Crippen LogP) is 0.217. The minimum atomic E-state index is 0.365. The first-order chi connectivity index (χ1) is 6.09. The first kappa shape index (κ1) is 11.0. The van der Waals surface area contributed by atoms with Crippen LogP contribution in [0.25, 0.3) is 0 Å². The van der Waals surface area contributed by atoms with Crippen LogP contribution in [0.15, 0.2) is 0 Å². The zero-order chi connectivity index (χ0) is 9.84. The van der Waals surface area contributed by atoms with E-state index in [1.54, 1.807) is 0 Å². The molecule has 1 aliphatic rings. The second-order valence-corrected chi connectivity index (χ2v) is 4.51. The predicted molar refractivity (Wildman–Crippen MR) is 56.8 cm³/mol. The molecule has 0 saturated carbocycles. The molecule has 1 rings (SSSR count). The second-order valence-electron chi connectivity index (χ2n) is 4.51. The summed E-state index contributed by atoms with van der Waals surface area (Å²) in [5, 5.41) is 0. The molecule has 3 heteroatoms. The highest BCUT2D eigenvalue weighted by molar-refractivity contribution is 4.80. The molecule has 13 heavy (non-hydrogen) atoms. The van der Waals surface area contributed by atoms with Gasteiger partial charge in [-0.1, -0.05) is 0 Å². The van der Waals surface area contributed by atoms with E-state index in [1.165, 1.54) is 26.1 Å². The molecule has 2 N–H and O–H groups in total. The van der Waals surface area contributed by atoms with Gasteiger partial charge in [-0.05, 0) is 39.9 Å². The lowest BCUT2D eigenvalue weighted by atomic mass is 10.0. The summed E-state index contributed by atoms with van der Waals surface area (Å²) in [6.45, 7) is 6.91. The normalized spacial score (nSPS) is 27.0. The van der Waals surface area contributed by atoms with E-state index >= 15 is 0 Å². The van der Waals surface area contributed by atoms with E-state index in [0.717, 1.165) is 12.5 Å². The molecule has 0 radical (unpaired) electrons. The van der Waals surface area contributed by atoms with Crippen LogP contribution in [0.2, 0.25) is 0 Å². The average Bonchev–Trinajstić information content (AvgIpc) is 2.48. The standard InChI is InChI=1S/C10H23N3/c1-9(11)10-4-5-13(8-10)7-6-12(2)3/h9-10H,4-8,11H2,1-3H3. The molecular formula is C10H23N3. The first-order valence-corrected chi connectivity index (χ1v) is 5.22. The molecule has 0 aromatic rings. The molecule has 2 atom stereocenters. The molecule has 0 amide bonds. The van der Waals surface area contributed by atoms with Gasteiger partial charge in [0.05, 0.1) is 0 Å². The van der Waals surface area contributed by atoms with Gasteiger partial charge in [-0.2, -0.15) is 0 Å². The van der Waals surface area contributed by atoms with Gasteiger partial charge in [0.1, 0.15) is 0 Å². The summed E-state index contributed by atoms with van der Waals surface area (Å²) in [5.41, 5.74) is 5.88. The van der Waals surface area contributed by atoms with Crippen molar-refractivity contribution in [2.45, 2.75) is 19.4 Å². The highest BCUT2D eigenvalue weighted by Crippen LogP contribution is 2.17. The minimum Gasteiger partial charge on any atom is -0.328 e. The lowest BCUT2D eigenvalue weighted by Crippen LogP contribution is -2.33. The fourth-order valence-corrected chi connectivity index (χ4v) is 1.84. The van der Waals surface area contributed by atoms with Gasteiger partial charge in [0.2, 0.25) is 0 Å². The summed E-state index contributed by atoms with van der Waals surface area (Å²) >= 11 is 0. The third-order valence-corrected chi connectivity index (χ3v) is 2.92. The van der Waals surface area contributed by atoms with Crippen LogP contribution >= 0.6 is 0 Å². The average molecular weight is 185 g/mol. The maximum Gasteiger partial charge on any atom is 0.0109 e. The van der Waals surface area contributed by atoms with Crippen LogP contribution in [-0.4, -0.2) is 56.1 Å². The SMILES string of the molecule is CC(N)C1CCN(CCN(C)C)C1. The zero-order valence-corrected chi connectivity index (χ0v) is 9.16. The Labute approximate surface area is 81.9 Å². The molecule has 1 fully saturated rings. The van der Waals surface area contributed by atoms with Crippen LogP contribution in [-0.2, 0) is 0 Å². The number of rotatable bonds is 4. The minimum absolute atomic E-state index is 0.365. The van der Waals surface area contributed by atoms with E-state index in [-0.39, 0.29) is 0 Å². The van der Waals surface area contributed by atoms with Gasteiger partial charge >= 0.3 is 0 Å². The Kier molecular flexibility index (Phi) is 4.16. The third kappa shape index (κ3) is 3.63. The quantitative estimate of drug-likeness (QED) is 0.680. The molecule has 1 heterocycles. The third-order valence-electron chi connectivity index (χ3n) is 2.92. The smallest absolute Gasteiger partial charge is 0.0109 e. The summed E-state index contributed by atoms with van der Waals surface area (Å²) in [6.07, 6.45) is 1.28. The number of likely N-dealkylation sites (tertiary alicyclic amines) is 1. The molecule has 78 valence electrons. The molecule has 0 spiro atoms. The Balaban J connectivity index is 2.17. The first-order valence-electron chi connectivity index (χ1n) is 5.22. The fraction of sp³-hybridized carbons (Fsp3) is 1.00. The van der Waals surface area contributed by atoms with Crippen molar-refractivity contribution in [2.75, 3.05) is 40.3 Å². The van der Waals surface area contributed by atoms with Gasteiger partial charge in [0.15, 0.2) is 0 Å². The summed E-state index contributed by atoms with van der Waals surface area (Å²) in [6, 6.07) is 0.365. The summed E-state index contributed by atoms with van der Waals surface area (Å²) in [4.78, 5) is 4.76. The summed E-state index contributed by atoms with van der Waals surface area (Å²) in [5.74, 6) is 0.724. The van der Waals surface area contributed by atoms with Gasteiger partial charge in [-0.25, -0.2) is 0 Å². The maximum atomic E-state index is 5.88. The fourth-order valence-electron chi connectivity index (χ4n) is 1.84. The number of nitrogens with two attached hydrogens (primary N) is 1. The lowest BCUT2D eigenvalue weighted by Gasteiger charge is -2.19. The van der Waals surface area contributed by atoms with Crippen molar-refractivity contribution in [3.8, 4) is 0 Å². The Bertz CT molecular complexity index is 145. The van der Waals surface area contributed by atoms with Crippen molar-refractivity contribution in [2.24, 2.45) is 11.7 Å². The highest BCUT2D eigenvalue weighted by atomic mass is 15.2. The van der Waals surface area contributed by atoms with E-state index in [9.17, 15) is 0 Å². The van der Waals surface area contributed by atoms with Crippen molar-refractivity contribution in [1.82, 2.24) is 9.80 Å². The zero-order valence-electron chi connectivity index (χ0n) is 9.16. The Morgan fingerprint density at radius 1 is 1.54 bits per heavy atom. The van der Waals surface area contributed by atoms with Crippen molar-refractivity contribution in [3.05, 3.63) is 0 Å². The van der Waals surface area contributed by atoms with Gasteiger partial charge in [0, 0.05) is 25.7 Å². The van der Waals surface area contributed by atoms with Gasteiger partial charge in [-0.3, -0.25) is 0 Å². The van der Waals surface area contributed by atoms with Crippen LogP contribution in [0.3, 0.4) is 0 Å². The highest BCUT2D eigenvalue weighted by Gasteiger charge is 2.24. The Morgan fingerprint density at radius 2 is 2.23 bits per heavy atom. The van der Waals surface area contributed by atoms with Crippen LogP contribution in [0, 0.1) is 5.92 Å². The Hall–Kier alpha value is -0.120. The van der Waals surface area contributed by atoms with Crippen LogP contribution in [0.5, 0.6) is 0 Å². The largest absolute Gasteiger partial charge is 0.328 e. The van der Waals surface area contributed by atoms with Gasteiger partial charge < -0.3 is 15.5 Å². The lowest BCUT2D eigenvalue weighted by molar-refractivity contribution is 0.271. The van der Waals surface area contributed by atoms with Crippen molar-refractivity contribution >= 4 is 0 Å². The van der Waals surface area contributed by atoms with Crippen molar-refractivity contribution in [3.63, 3.8) is 0 Å². The summed E-state index contributed by atoms with van der Waals surface area (Å²) < 4.78 is 0. The van der Waals surface area contributed by atoms with Crippen LogP contribution in [0.4, 0.5) is 0 Å². The molecular weight excluding hydrogens is 162 g/mol. The topological polar surface area (TPSA) is 32.5 Å². The van der Waals surface area contributed by atoms with Crippen molar-refractivity contribution in [1.29, 1.82) is 0 Å². The van der Waals surface area contributed by atoms with E-state index in [0.29, 0.717) is 6.04 Å². The number of hydrogen-bond acceptors (Lipinski definition) is 3.